The van der Waals surface area contributed by atoms with Crippen molar-refractivity contribution in [3.05, 3.63) is 94.2 Å². The minimum Gasteiger partial charge on any atom is -0.494 e. The number of aryl methyl sites for hydroxylation is 3. The molecule has 1 aliphatic rings. The lowest BCUT2D eigenvalue weighted by Crippen LogP contribution is -2.32. The van der Waals surface area contributed by atoms with Gasteiger partial charge in [-0.1, -0.05) is 30.3 Å². The molecule has 168 valence electrons. The molecular formula is C28H28N2O3. The van der Waals surface area contributed by atoms with Crippen LogP contribution < -0.4 is 15.0 Å². The van der Waals surface area contributed by atoms with E-state index in [0.717, 1.165) is 27.9 Å². The smallest absolute Gasteiger partial charge is 0.282 e. The highest BCUT2D eigenvalue weighted by Crippen LogP contribution is 2.35. The van der Waals surface area contributed by atoms with Gasteiger partial charge in [0.15, 0.2) is 0 Å². The van der Waals surface area contributed by atoms with Crippen molar-refractivity contribution in [2.75, 3.05) is 16.8 Å². The molecule has 0 atom stereocenters. The molecule has 5 nitrogen and oxygen atoms in total. The normalized spacial score (nSPS) is 13.7. The van der Waals surface area contributed by atoms with Crippen molar-refractivity contribution in [3.8, 4) is 5.75 Å². The van der Waals surface area contributed by atoms with E-state index < -0.39 is 0 Å². The molecule has 0 fully saturated rings. The van der Waals surface area contributed by atoms with Crippen LogP contribution in [-0.4, -0.2) is 18.4 Å². The van der Waals surface area contributed by atoms with Crippen LogP contribution in [-0.2, 0) is 9.59 Å². The fraction of sp³-hybridized carbons (Fsp3) is 0.214. The number of carbonyl (C=O) groups excluding carboxylic acids is 2. The minimum atomic E-state index is -0.366. The number of nitrogens with one attached hydrogen (secondary N) is 1. The standard InChI is InChI=1S/C28H28N2O3/c1-6-33-23-12-10-21(11-13-23)25-26(29-24-9-7-8-19(4)20(24)5)28(32)30(27(25)31)22-15-17(2)14-18(3)16-22/h7-16,29H,6H2,1-5H3. The van der Waals surface area contributed by atoms with E-state index in [2.05, 4.69) is 5.32 Å². The summed E-state index contributed by atoms with van der Waals surface area (Å²) >= 11 is 0. The number of anilines is 2. The third-order valence-electron chi connectivity index (χ3n) is 5.87. The maximum atomic E-state index is 13.7. The number of hydrogen-bond donors (Lipinski definition) is 1. The number of carbonyl (C=O) groups is 2. The Morgan fingerprint density at radius 1 is 0.848 bits per heavy atom. The van der Waals surface area contributed by atoms with E-state index in [4.69, 9.17) is 4.74 Å². The summed E-state index contributed by atoms with van der Waals surface area (Å²) in [5.74, 6) is 0.00517. The van der Waals surface area contributed by atoms with Gasteiger partial charge in [-0.2, -0.15) is 0 Å². The highest BCUT2D eigenvalue weighted by molar-refractivity contribution is 6.46. The largest absolute Gasteiger partial charge is 0.494 e. The number of nitrogens with zero attached hydrogens (tertiary/aromatic N) is 1. The fourth-order valence-corrected chi connectivity index (χ4v) is 4.13. The van der Waals surface area contributed by atoms with Gasteiger partial charge < -0.3 is 10.1 Å². The van der Waals surface area contributed by atoms with Crippen molar-refractivity contribution >= 4 is 28.8 Å². The number of rotatable bonds is 6. The topological polar surface area (TPSA) is 58.6 Å². The van der Waals surface area contributed by atoms with E-state index in [0.29, 0.717) is 29.2 Å². The molecule has 3 aromatic rings. The van der Waals surface area contributed by atoms with Gasteiger partial charge in [0.1, 0.15) is 11.4 Å². The highest BCUT2D eigenvalue weighted by atomic mass is 16.5. The van der Waals surface area contributed by atoms with Crippen LogP contribution >= 0.6 is 0 Å². The van der Waals surface area contributed by atoms with Gasteiger partial charge in [0, 0.05) is 5.69 Å². The molecule has 1 heterocycles. The molecule has 0 bridgehead atoms. The molecule has 0 aliphatic carbocycles. The zero-order chi connectivity index (χ0) is 23.7. The second-order valence-electron chi connectivity index (χ2n) is 8.37. The third-order valence-corrected chi connectivity index (χ3v) is 5.87. The molecule has 5 heteroatoms. The average Bonchev–Trinajstić information content (AvgIpc) is 3.01. The van der Waals surface area contributed by atoms with Crippen molar-refractivity contribution in [1.82, 2.24) is 0 Å². The molecule has 4 rings (SSSR count). The Balaban J connectivity index is 1.84. The minimum absolute atomic E-state index is 0.275. The molecule has 0 saturated carbocycles. The van der Waals surface area contributed by atoms with Gasteiger partial charge in [0.05, 0.1) is 17.9 Å². The first-order chi connectivity index (χ1) is 15.8. The average molecular weight is 441 g/mol. The lowest BCUT2D eigenvalue weighted by molar-refractivity contribution is -0.120. The van der Waals surface area contributed by atoms with Gasteiger partial charge in [-0.25, -0.2) is 4.90 Å². The van der Waals surface area contributed by atoms with Gasteiger partial charge in [0.2, 0.25) is 0 Å². The molecule has 2 amide bonds. The van der Waals surface area contributed by atoms with E-state index >= 15 is 0 Å². The quantitative estimate of drug-likeness (QED) is 0.499. The molecule has 0 aromatic heterocycles. The lowest BCUT2D eigenvalue weighted by Gasteiger charge is -2.17. The maximum absolute atomic E-state index is 13.7. The third kappa shape index (κ3) is 4.27. The van der Waals surface area contributed by atoms with Crippen LogP contribution in [0.3, 0.4) is 0 Å². The van der Waals surface area contributed by atoms with Gasteiger partial charge in [-0.15, -0.1) is 0 Å². The van der Waals surface area contributed by atoms with E-state index in [1.54, 1.807) is 0 Å². The molecule has 0 spiro atoms. The molecule has 0 saturated heterocycles. The predicted molar refractivity (Wildman–Crippen MR) is 132 cm³/mol. The van der Waals surface area contributed by atoms with E-state index in [-0.39, 0.29) is 17.5 Å². The first-order valence-corrected chi connectivity index (χ1v) is 11.1. The van der Waals surface area contributed by atoms with Crippen molar-refractivity contribution in [3.63, 3.8) is 0 Å². The van der Waals surface area contributed by atoms with E-state index in [1.165, 1.54) is 4.90 Å². The van der Waals surface area contributed by atoms with Crippen LogP contribution in [0, 0.1) is 27.7 Å². The highest BCUT2D eigenvalue weighted by Gasteiger charge is 2.40. The molecule has 3 aromatic carbocycles. The second-order valence-corrected chi connectivity index (χ2v) is 8.37. The molecule has 0 radical (unpaired) electrons. The number of imide groups is 1. The van der Waals surface area contributed by atoms with Gasteiger partial charge >= 0.3 is 0 Å². The zero-order valence-electron chi connectivity index (χ0n) is 19.7. The molecule has 1 aliphatic heterocycles. The Morgan fingerprint density at radius 3 is 2.15 bits per heavy atom. The Labute approximate surface area is 194 Å². The van der Waals surface area contributed by atoms with Crippen molar-refractivity contribution in [2.24, 2.45) is 0 Å². The predicted octanol–water partition coefficient (Wildman–Crippen LogP) is 5.72. The molecular weight excluding hydrogens is 412 g/mol. The summed E-state index contributed by atoms with van der Waals surface area (Å²) in [7, 11) is 0. The summed E-state index contributed by atoms with van der Waals surface area (Å²) in [6, 6.07) is 18.9. The Morgan fingerprint density at radius 2 is 1.52 bits per heavy atom. The summed E-state index contributed by atoms with van der Waals surface area (Å²) in [5.41, 5.74) is 6.78. The van der Waals surface area contributed by atoms with Crippen molar-refractivity contribution in [1.29, 1.82) is 0 Å². The fourth-order valence-electron chi connectivity index (χ4n) is 4.13. The first kappa shape index (κ1) is 22.3. The summed E-state index contributed by atoms with van der Waals surface area (Å²) in [5, 5.41) is 3.28. The summed E-state index contributed by atoms with van der Waals surface area (Å²) in [6.45, 7) is 10.4. The van der Waals surface area contributed by atoms with Crippen LogP contribution in [0.25, 0.3) is 5.57 Å². The summed E-state index contributed by atoms with van der Waals surface area (Å²) in [6.07, 6.45) is 0. The Kier molecular flexibility index (Phi) is 6.05. The van der Waals surface area contributed by atoms with Gasteiger partial charge in [-0.05, 0) is 92.8 Å². The SMILES string of the molecule is CCOc1ccc(C2=C(Nc3cccc(C)c3C)C(=O)N(c3cc(C)cc(C)c3)C2=O)cc1. The van der Waals surface area contributed by atoms with Crippen LogP contribution in [0.4, 0.5) is 11.4 Å². The number of benzene rings is 3. The molecule has 0 unspecified atom stereocenters. The lowest BCUT2D eigenvalue weighted by atomic mass is 10.0. The maximum Gasteiger partial charge on any atom is 0.282 e. The van der Waals surface area contributed by atoms with Crippen LogP contribution in [0.15, 0.2) is 66.4 Å². The number of amides is 2. The van der Waals surface area contributed by atoms with Crippen molar-refractivity contribution in [2.45, 2.75) is 34.6 Å². The first-order valence-electron chi connectivity index (χ1n) is 11.1. The van der Waals surface area contributed by atoms with Crippen molar-refractivity contribution < 1.29 is 14.3 Å². The summed E-state index contributed by atoms with van der Waals surface area (Å²) in [4.78, 5) is 28.6. The van der Waals surface area contributed by atoms with Crippen LogP contribution in [0.1, 0.15) is 34.7 Å². The Hall–Kier alpha value is -3.86. The van der Waals surface area contributed by atoms with Gasteiger partial charge in [-0.3, -0.25) is 9.59 Å². The van der Waals surface area contributed by atoms with E-state index in [1.807, 2.05) is 95.3 Å². The van der Waals surface area contributed by atoms with Crippen LogP contribution in [0.5, 0.6) is 5.75 Å². The molecule has 33 heavy (non-hydrogen) atoms. The Bertz CT molecular complexity index is 1250. The summed E-state index contributed by atoms with van der Waals surface area (Å²) < 4.78 is 5.55. The number of hydrogen-bond acceptors (Lipinski definition) is 4. The monoisotopic (exact) mass is 440 g/mol. The number of ether oxygens (including phenoxy) is 1. The van der Waals surface area contributed by atoms with Gasteiger partial charge in [0.25, 0.3) is 11.8 Å². The second kappa shape index (κ2) is 8.94. The zero-order valence-corrected chi connectivity index (χ0v) is 19.7. The van der Waals surface area contributed by atoms with Crippen LogP contribution in [0.2, 0.25) is 0 Å². The van der Waals surface area contributed by atoms with E-state index in [9.17, 15) is 9.59 Å². The molecule has 1 N–H and O–H groups in total.